The van der Waals surface area contributed by atoms with Crippen LogP contribution in [0.1, 0.15) is 65.3 Å². The molecule has 0 spiro atoms. The van der Waals surface area contributed by atoms with Crippen LogP contribution in [0.2, 0.25) is 0 Å². The Hall–Kier alpha value is -2.36. The Balaban J connectivity index is 1.91. The van der Waals surface area contributed by atoms with Gasteiger partial charge >= 0.3 is 5.63 Å². The van der Waals surface area contributed by atoms with Gasteiger partial charge in [-0.1, -0.05) is 30.3 Å². The first-order valence-corrected chi connectivity index (χ1v) is 8.64. The van der Waals surface area contributed by atoms with Crippen LogP contribution in [0.15, 0.2) is 39.5 Å². The normalized spacial score (nSPS) is 18.8. The Kier molecular flexibility index (Phi) is 3.75. The fraction of sp³-hybridized carbons (Fsp3) is 0.400. The number of ketones is 1. The van der Waals surface area contributed by atoms with Gasteiger partial charge < -0.3 is 9.52 Å². The minimum absolute atomic E-state index is 0.118. The Morgan fingerprint density at radius 2 is 1.75 bits per heavy atom. The smallest absolute Gasteiger partial charge is 0.343 e. The fourth-order valence-electron chi connectivity index (χ4n) is 3.78. The summed E-state index contributed by atoms with van der Waals surface area (Å²) in [5, 5.41) is 10.8. The van der Waals surface area contributed by atoms with Crippen molar-refractivity contribution in [2.45, 2.75) is 44.4 Å². The van der Waals surface area contributed by atoms with Gasteiger partial charge in [0.25, 0.3) is 0 Å². The Morgan fingerprint density at radius 1 is 1.04 bits per heavy atom. The lowest BCUT2D eigenvalue weighted by Crippen LogP contribution is -2.19. The van der Waals surface area contributed by atoms with Gasteiger partial charge in [0, 0.05) is 18.8 Å². The highest BCUT2D eigenvalue weighted by atomic mass is 16.4. The number of benzene rings is 1. The van der Waals surface area contributed by atoms with Gasteiger partial charge in [-0.3, -0.25) is 4.79 Å². The highest BCUT2D eigenvalue weighted by Crippen LogP contribution is 2.48. The van der Waals surface area contributed by atoms with Crippen LogP contribution in [-0.2, 0) is 6.42 Å². The molecule has 1 atom stereocenters. The third-order valence-corrected chi connectivity index (χ3v) is 5.11. The highest BCUT2D eigenvalue weighted by molar-refractivity contribution is 6.00. The molecule has 0 radical (unpaired) electrons. The van der Waals surface area contributed by atoms with E-state index in [-0.39, 0.29) is 28.6 Å². The van der Waals surface area contributed by atoms with Gasteiger partial charge in [-0.25, -0.2) is 4.79 Å². The van der Waals surface area contributed by atoms with E-state index in [0.29, 0.717) is 24.5 Å². The molecule has 1 heterocycles. The van der Waals surface area contributed by atoms with Gasteiger partial charge in [-0.05, 0) is 37.2 Å². The molecule has 2 aliphatic carbocycles. The first kappa shape index (κ1) is 15.2. The number of fused-ring (bicyclic) bond motifs is 1. The standard InChI is InChI=1S/C20H20O4/c21-14-8-4-5-9-15-17(14)19(22)18(20(23)24-15)16(13-10-11-13)12-6-2-1-3-7-12/h1-3,6-7,13,16,22H,4-5,8-11H2. The van der Waals surface area contributed by atoms with Crippen molar-refractivity contribution in [1.29, 1.82) is 0 Å². The molecule has 1 N–H and O–H groups in total. The van der Waals surface area contributed by atoms with Crippen LogP contribution in [0.5, 0.6) is 5.75 Å². The van der Waals surface area contributed by atoms with Crippen molar-refractivity contribution in [2.75, 3.05) is 0 Å². The number of hydrogen-bond acceptors (Lipinski definition) is 4. The topological polar surface area (TPSA) is 67.5 Å². The average molecular weight is 324 g/mol. The summed E-state index contributed by atoms with van der Waals surface area (Å²) in [4.78, 5) is 25.1. The molecule has 0 aliphatic heterocycles. The van der Waals surface area contributed by atoms with E-state index in [9.17, 15) is 14.7 Å². The molecule has 1 fully saturated rings. The monoisotopic (exact) mass is 324 g/mol. The number of aryl methyl sites for hydroxylation is 1. The molecule has 2 aliphatic rings. The lowest BCUT2D eigenvalue weighted by Gasteiger charge is -2.19. The molecule has 124 valence electrons. The molecule has 0 saturated heterocycles. The maximum absolute atomic E-state index is 12.6. The number of rotatable bonds is 3. The Morgan fingerprint density at radius 3 is 2.46 bits per heavy atom. The third kappa shape index (κ3) is 2.56. The first-order valence-electron chi connectivity index (χ1n) is 8.64. The molecule has 2 aromatic rings. The van der Waals surface area contributed by atoms with E-state index in [4.69, 9.17) is 4.42 Å². The first-order chi connectivity index (χ1) is 11.7. The van der Waals surface area contributed by atoms with Crippen LogP contribution in [-0.4, -0.2) is 10.9 Å². The van der Waals surface area contributed by atoms with Crippen molar-refractivity contribution in [3.05, 3.63) is 63.2 Å². The second-order valence-electron chi connectivity index (χ2n) is 6.81. The van der Waals surface area contributed by atoms with E-state index in [1.54, 1.807) is 0 Å². The van der Waals surface area contributed by atoms with Crippen LogP contribution in [0, 0.1) is 5.92 Å². The van der Waals surface area contributed by atoms with E-state index < -0.39 is 5.63 Å². The third-order valence-electron chi connectivity index (χ3n) is 5.11. The van der Waals surface area contributed by atoms with E-state index in [0.717, 1.165) is 31.2 Å². The summed E-state index contributed by atoms with van der Waals surface area (Å²) in [5.41, 5.74) is 0.992. The van der Waals surface area contributed by atoms with Gasteiger partial charge in [-0.2, -0.15) is 0 Å². The summed E-state index contributed by atoms with van der Waals surface area (Å²) in [5.74, 6) is 0.205. The van der Waals surface area contributed by atoms with E-state index in [1.807, 2.05) is 30.3 Å². The lowest BCUT2D eigenvalue weighted by molar-refractivity contribution is 0.0977. The predicted octanol–water partition coefficient (Wildman–Crippen LogP) is 3.80. The maximum atomic E-state index is 12.6. The van der Waals surface area contributed by atoms with Gasteiger partial charge in [0.1, 0.15) is 11.5 Å². The number of hydrogen-bond donors (Lipinski definition) is 1. The molecule has 24 heavy (non-hydrogen) atoms. The van der Waals surface area contributed by atoms with E-state index in [1.165, 1.54) is 0 Å². The van der Waals surface area contributed by atoms with Crippen LogP contribution < -0.4 is 5.63 Å². The van der Waals surface area contributed by atoms with Crippen molar-refractivity contribution < 1.29 is 14.3 Å². The van der Waals surface area contributed by atoms with Crippen LogP contribution in [0.3, 0.4) is 0 Å². The van der Waals surface area contributed by atoms with E-state index >= 15 is 0 Å². The summed E-state index contributed by atoms with van der Waals surface area (Å²) < 4.78 is 5.51. The zero-order valence-electron chi connectivity index (χ0n) is 13.5. The van der Waals surface area contributed by atoms with Crippen molar-refractivity contribution in [3.63, 3.8) is 0 Å². The van der Waals surface area contributed by atoms with Crippen molar-refractivity contribution in [1.82, 2.24) is 0 Å². The molecule has 1 aromatic heterocycles. The number of carbonyl (C=O) groups excluding carboxylic acids is 1. The fourth-order valence-corrected chi connectivity index (χ4v) is 3.78. The second-order valence-corrected chi connectivity index (χ2v) is 6.81. The zero-order valence-corrected chi connectivity index (χ0v) is 13.5. The number of Topliss-reactive ketones (excluding diaryl/α,β-unsaturated/α-hetero) is 1. The summed E-state index contributed by atoms with van der Waals surface area (Å²) in [6, 6.07) is 9.72. The van der Waals surface area contributed by atoms with Crippen LogP contribution >= 0.6 is 0 Å². The van der Waals surface area contributed by atoms with Crippen molar-refractivity contribution in [2.24, 2.45) is 5.92 Å². The number of carbonyl (C=O) groups is 1. The van der Waals surface area contributed by atoms with Crippen LogP contribution in [0.25, 0.3) is 0 Å². The molecule has 0 bridgehead atoms. The quantitative estimate of drug-likeness (QED) is 0.872. The van der Waals surface area contributed by atoms with Gasteiger partial charge in [0.15, 0.2) is 5.78 Å². The maximum Gasteiger partial charge on any atom is 0.343 e. The highest BCUT2D eigenvalue weighted by Gasteiger charge is 2.39. The minimum atomic E-state index is -0.498. The molecule has 4 heteroatoms. The lowest BCUT2D eigenvalue weighted by atomic mass is 9.86. The number of aromatic hydroxyl groups is 1. The Bertz CT molecular complexity index is 831. The van der Waals surface area contributed by atoms with Gasteiger partial charge in [-0.15, -0.1) is 0 Å². The summed E-state index contributed by atoms with van der Waals surface area (Å²) in [6.07, 6.45) is 4.52. The molecular weight excluding hydrogens is 304 g/mol. The summed E-state index contributed by atoms with van der Waals surface area (Å²) >= 11 is 0. The second kappa shape index (κ2) is 5.93. The molecular formula is C20H20O4. The molecule has 0 amide bonds. The van der Waals surface area contributed by atoms with Crippen molar-refractivity contribution >= 4 is 5.78 Å². The largest absolute Gasteiger partial charge is 0.506 e. The molecule has 1 unspecified atom stereocenters. The molecule has 4 nitrogen and oxygen atoms in total. The van der Waals surface area contributed by atoms with E-state index in [2.05, 4.69) is 0 Å². The van der Waals surface area contributed by atoms with Gasteiger partial charge in [0.2, 0.25) is 0 Å². The molecule has 1 aromatic carbocycles. The molecule has 4 rings (SSSR count). The predicted molar refractivity (Wildman–Crippen MR) is 89.5 cm³/mol. The summed E-state index contributed by atoms with van der Waals surface area (Å²) in [6.45, 7) is 0. The average Bonchev–Trinajstić information content (AvgIpc) is 3.41. The summed E-state index contributed by atoms with van der Waals surface area (Å²) in [7, 11) is 0. The zero-order chi connectivity index (χ0) is 16.7. The minimum Gasteiger partial charge on any atom is -0.506 e. The Labute approximate surface area is 140 Å². The van der Waals surface area contributed by atoms with Crippen LogP contribution in [0.4, 0.5) is 0 Å². The van der Waals surface area contributed by atoms with Gasteiger partial charge in [0.05, 0.1) is 11.1 Å². The molecule has 1 saturated carbocycles. The SMILES string of the molecule is O=C1CCCCc2oc(=O)c(C(c3ccccc3)C3CC3)c(O)c21. The van der Waals surface area contributed by atoms with Crippen molar-refractivity contribution in [3.8, 4) is 5.75 Å².